The molecule has 2 N–H and O–H groups in total. The number of carboxylic acid groups (broad SMARTS) is 1. The van der Waals surface area contributed by atoms with Crippen LogP contribution >= 0.6 is 0 Å². The topological polar surface area (TPSA) is 106 Å². The van der Waals surface area contributed by atoms with E-state index in [0.29, 0.717) is 40.9 Å². The van der Waals surface area contributed by atoms with Crippen LogP contribution in [0, 0.1) is 6.92 Å². The van der Waals surface area contributed by atoms with Crippen molar-refractivity contribution >= 4 is 29.3 Å². The molecule has 4 aromatic rings. The lowest BCUT2D eigenvalue weighted by Gasteiger charge is -2.13. The maximum atomic E-state index is 12.3. The molecule has 2 heterocycles. The number of ether oxygens (including phenoxy) is 2. The summed E-state index contributed by atoms with van der Waals surface area (Å²) in [5, 5.41) is 13.2. The van der Waals surface area contributed by atoms with E-state index in [-0.39, 0.29) is 5.57 Å². The summed E-state index contributed by atoms with van der Waals surface area (Å²) in [6, 6.07) is 16.2. The number of aromatic nitrogens is 3. The second-order valence-electron chi connectivity index (χ2n) is 8.04. The van der Waals surface area contributed by atoms with Crippen molar-refractivity contribution < 1.29 is 19.4 Å². The van der Waals surface area contributed by atoms with Gasteiger partial charge in [0.2, 0.25) is 5.95 Å². The van der Waals surface area contributed by atoms with Gasteiger partial charge in [0.1, 0.15) is 6.61 Å². The molecule has 37 heavy (non-hydrogen) atoms. The standard InChI is InChI=1S/C29H26N4O4/c1-4-14-37-27-16-20(8-10-26(27)36-3)15-23(28(34)35)21-9-7-19(2)25(17-21)33-29-31-13-11-24(32-29)22-6-5-12-30-18-22/h4-13,15-18H,1,14H2,2-3H3,(H,34,35)(H,31,32,33)/b23-15+. The largest absolute Gasteiger partial charge is 0.493 e. The zero-order valence-corrected chi connectivity index (χ0v) is 20.5. The fourth-order valence-electron chi connectivity index (χ4n) is 3.62. The molecule has 186 valence electrons. The Morgan fingerprint density at radius 1 is 1.11 bits per heavy atom. The number of hydrogen-bond acceptors (Lipinski definition) is 7. The number of hydrogen-bond donors (Lipinski definition) is 2. The average Bonchev–Trinajstić information content (AvgIpc) is 2.92. The van der Waals surface area contributed by atoms with E-state index in [1.165, 1.54) is 0 Å². The van der Waals surface area contributed by atoms with Crippen molar-refractivity contribution in [2.45, 2.75) is 6.92 Å². The van der Waals surface area contributed by atoms with Crippen molar-refractivity contribution in [1.82, 2.24) is 15.0 Å². The minimum atomic E-state index is -1.06. The number of aliphatic carboxylic acids is 1. The highest BCUT2D eigenvalue weighted by molar-refractivity contribution is 6.20. The number of benzene rings is 2. The Balaban J connectivity index is 1.67. The minimum Gasteiger partial charge on any atom is -0.493 e. The smallest absolute Gasteiger partial charge is 0.336 e. The molecule has 8 heteroatoms. The first kappa shape index (κ1) is 25.1. The lowest BCUT2D eigenvalue weighted by atomic mass is 10.00. The first-order valence-electron chi connectivity index (χ1n) is 11.5. The number of carbonyl (C=O) groups is 1. The third-order valence-corrected chi connectivity index (χ3v) is 5.49. The summed E-state index contributed by atoms with van der Waals surface area (Å²) in [5.74, 6) is 0.375. The summed E-state index contributed by atoms with van der Waals surface area (Å²) in [5.41, 5.74) is 4.48. The summed E-state index contributed by atoms with van der Waals surface area (Å²) in [4.78, 5) is 25.3. The van der Waals surface area contributed by atoms with Gasteiger partial charge in [-0.1, -0.05) is 30.9 Å². The maximum absolute atomic E-state index is 12.3. The van der Waals surface area contributed by atoms with E-state index >= 15 is 0 Å². The number of pyridine rings is 1. The van der Waals surface area contributed by atoms with Crippen LogP contribution in [0.15, 0.2) is 85.8 Å². The van der Waals surface area contributed by atoms with E-state index < -0.39 is 5.97 Å². The Hall–Kier alpha value is -4.98. The van der Waals surface area contributed by atoms with E-state index in [0.717, 1.165) is 16.8 Å². The molecule has 0 unspecified atom stereocenters. The monoisotopic (exact) mass is 494 g/mol. The zero-order valence-electron chi connectivity index (χ0n) is 20.5. The fourth-order valence-corrected chi connectivity index (χ4v) is 3.62. The number of methoxy groups -OCH3 is 1. The SMILES string of the molecule is C=CCOc1cc(/C=C(/C(=O)O)c2ccc(C)c(Nc3nccc(-c4cccnc4)n3)c2)ccc1OC. The number of aryl methyl sites for hydroxylation is 1. The summed E-state index contributed by atoms with van der Waals surface area (Å²) in [7, 11) is 1.55. The molecule has 2 aromatic heterocycles. The van der Waals surface area contributed by atoms with Gasteiger partial charge in [-0.3, -0.25) is 4.98 Å². The van der Waals surface area contributed by atoms with Gasteiger partial charge in [0, 0.05) is 29.8 Å². The molecule has 0 spiro atoms. The number of carboxylic acids is 1. The molecule has 2 aromatic carbocycles. The number of rotatable bonds is 10. The van der Waals surface area contributed by atoms with Crippen LogP contribution in [0.25, 0.3) is 22.9 Å². The average molecular weight is 495 g/mol. The number of nitrogens with one attached hydrogen (secondary N) is 1. The number of nitrogens with zero attached hydrogens (tertiary/aromatic N) is 3. The third kappa shape index (κ3) is 6.18. The van der Waals surface area contributed by atoms with E-state index in [1.54, 1.807) is 74.3 Å². The molecule has 0 radical (unpaired) electrons. The van der Waals surface area contributed by atoms with Gasteiger partial charge in [-0.05, 0) is 66.1 Å². The van der Waals surface area contributed by atoms with Crippen LogP contribution in [0.1, 0.15) is 16.7 Å². The van der Waals surface area contributed by atoms with Crippen molar-refractivity contribution in [2.75, 3.05) is 19.0 Å². The molecule has 8 nitrogen and oxygen atoms in total. The Labute approximate surface area is 215 Å². The van der Waals surface area contributed by atoms with Crippen LogP contribution in [0.5, 0.6) is 11.5 Å². The van der Waals surface area contributed by atoms with Crippen molar-refractivity contribution in [3.8, 4) is 22.8 Å². The van der Waals surface area contributed by atoms with Crippen LogP contribution in [0.4, 0.5) is 11.6 Å². The van der Waals surface area contributed by atoms with Gasteiger partial charge in [-0.15, -0.1) is 0 Å². The molecule has 4 rings (SSSR count). The molecule has 0 amide bonds. The Bertz CT molecular complexity index is 1450. The molecule has 0 fully saturated rings. The lowest BCUT2D eigenvalue weighted by Crippen LogP contribution is -2.03. The molecular weight excluding hydrogens is 468 g/mol. The highest BCUT2D eigenvalue weighted by Crippen LogP contribution is 2.31. The van der Waals surface area contributed by atoms with E-state index in [1.807, 2.05) is 25.1 Å². The molecule has 0 bridgehead atoms. The molecule has 0 aliphatic heterocycles. The summed E-state index contributed by atoms with van der Waals surface area (Å²) >= 11 is 0. The summed E-state index contributed by atoms with van der Waals surface area (Å²) < 4.78 is 11.0. The molecular formula is C29H26N4O4. The van der Waals surface area contributed by atoms with Crippen LogP contribution < -0.4 is 14.8 Å². The fraction of sp³-hybridized carbons (Fsp3) is 0.103. The molecule has 0 aliphatic carbocycles. The predicted octanol–water partition coefficient (Wildman–Crippen LogP) is 5.79. The van der Waals surface area contributed by atoms with Gasteiger partial charge < -0.3 is 19.9 Å². The van der Waals surface area contributed by atoms with Gasteiger partial charge >= 0.3 is 5.97 Å². The van der Waals surface area contributed by atoms with Gasteiger partial charge in [0.05, 0.1) is 18.4 Å². The molecule has 0 saturated heterocycles. The maximum Gasteiger partial charge on any atom is 0.336 e. The molecule has 0 saturated carbocycles. The lowest BCUT2D eigenvalue weighted by molar-refractivity contribution is -0.130. The first-order valence-corrected chi connectivity index (χ1v) is 11.5. The predicted molar refractivity (Wildman–Crippen MR) is 144 cm³/mol. The first-order chi connectivity index (χ1) is 18.0. The van der Waals surface area contributed by atoms with Crippen molar-refractivity contribution in [1.29, 1.82) is 0 Å². The second-order valence-corrected chi connectivity index (χ2v) is 8.04. The van der Waals surface area contributed by atoms with E-state index in [9.17, 15) is 9.90 Å². The van der Waals surface area contributed by atoms with Gasteiger partial charge in [0.25, 0.3) is 0 Å². The normalized spacial score (nSPS) is 11.0. The van der Waals surface area contributed by atoms with Crippen LogP contribution in [0.3, 0.4) is 0 Å². The highest BCUT2D eigenvalue weighted by Gasteiger charge is 2.14. The van der Waals surface area contributed by atoms with E-state index in [4.69, 9.17) is 9.47 Å². The highest BCUT2D eigenvalue weighted by atomic mass is 16.5. The van der Waals surface area contributed by atoms with Crippen LogP contribution in [0.2, 0.25) is 0 Å². The third-order valence-electron chi connectivity index (χ3n) is 5.49. The van der Waals surface area contributed by atoms with E-state index in [2.05, 4.69) is 26.8 Å². The summed E-state index contributed by atoms with van der Waals surface area (Å²) in [6.07, 6.45) is 8.31. The van der Waals surface area contributed by atoms with Gasteiger partial charge in [0.15, 0.2) is 11.5 Å². The van der Waals surface area contributed by atoms with Gasteiger partial charge in [-0.25, -0.2) is 14.8 Å². The Morgan fingerprint density at radius 2 is 1.97 bits per heavy atom. The number of anilines is 2. The molecule has 0 atom stereocenters. The zero-order chi connectivity index (χ0) is 26.2. The Morgan fingerprint density at radius 3 is 2.70 bits per heavy atom. The van der Waals surface area contributed by atoms with Gasteiger partial charge in [-0.2, -0.15) is 0 Å². The molecule has 0 aliphatic rings. The van der Waals surface area contributed by atoms with Crippen molar-refractivity contribution in [3.63, 3.8) is 0 Å². The minimum absolute atomic E-state index is 0.118. The van der Waals surface area contributed by atoms with Crippen LogP contribution in [-0.4, -0.2) is 39.7 Å². The van der Waals surface area contributed by atoms with Crippen molar-refractivity contribution in [3.05, 3.63) is 103 Å². The second kappa shape index (κ2) is 11.6. The Kier molecular flexibility index (Phi) is 7.90. The quantitative estimate of drug-likeness (QED) is 0.162. The van der Waals surface area contributed by atoms with Crippen LogP contribution in [-0.2, 0) is 4.79 Å². The summed E-state index contributed by atoms with van der Waals surface area (Å²) in [6.45, 7) is 5.88. The van der Waals surface area contributed by atoms with Crippen molar-refractivity contribution in [2.24, 2.45) is 0 Å².